The van der Waals surface area contributed by atoms with Crippen LogP contribution < -0.4 is 5.73 Å². The summed E-state index contributed by atoms with van der Waals surface area (Å²) in [4.78, 5) is 16.5. The molecule has 0 radical (unpaired) electrons. The van der Waals surface area contributed by atoms with Crippen LogP contribution in [0.2, 0.25) is 0 Å². The number of benzene rings is 1. The number of nitrogens with one attached hydrogen (secondary N) is 1. The van der Waals surface area contributed by atoms with Gasteiger partial charge >= 0.3 is 12.1 Å². The van der Waals surface area contributed by atoms with Gasteiger partial charge in [0.2, 0.25) is 0 Å². The quantitative estimate of drug-likeness (QED) is 0.471. The van der Waals surface area contributed by atoms with Crippen molar-refractivity contribution >= 4 is 17.0 Å². The first kappa shape index (κ1) is 23.9. The van der Waals surface area contributed by atoms with Gasteiger partial charge in [-0.3, -0.25) is 0 Å². The summed E-state index contributed by atoms with van der Waals surface area (Å²) in [5.41, 5.74) is 9.06. The first-order valence-electron chi connectivity index (χ1n) is 9.34. The lowest BCUT2D eigenvalue weighted by molar-refractivity contribution is -0.192. The van der Waals surface area contributed by atoms with Crippen LogP contribution in [0.3, 0.4) is 0 Å². The average Bonchev–Trinajstić information content (AvgIpc) is 3.07. The number of hydrogen-bond donors (Lipinski definition) is 4. The number of aryl methyl sites for hydroxylation is 1. The molecular formula is C19H28F3N3O3. The minimum Gasteiger partial charge on any atom is -0.475 e. The number of aliphatic hydroxyl groups excluding tert-OH is 1. The van der Waals surface area contributed by atoms with Gasteiger partial charge in [-0.05, 0) is 30.5 Å². The first-order valence-corrected chi connectivity index (χ1v) is 9.34. The molecule has 0 unspecified atom stereocenters. The molecule has 2 rings (SSSR count). The van der Waals surface area contributed by atoms with E-state index in [4.69, 9.17) is 20.7 Å². The third-order valence-corrected chi connectivity index (χ3v) is 4.17. The van der Waals surface area contributed by atoms with Crippen molar-refractivity contribution in [3.63, 3.8) is 0 Å². The van der Waals surface area contributed by atoms with Crippen molar-refractivity contribution in [3.8, 4) is 0 Å². The molecule has 1 aromatic carbocycles. The summed E-state index contributed by atoms with van der Waals surface area (Å²) in [6.07, 6.45) is 3.94. The molecule has 0 bridgehead atoms. The van der Waals surface area contributed by atoms with Crippen LogP contribution in [0.1, 0.15) is 62.9 Å². The van der Waals surface area contributed by atoms with Crippen LogP contribution >= 0.6 is 0 Å². The van der Waals surface area contributed by atoms with Gasteiger partial charge < -0.3 is 20.9 Å². The molecule has 0 amide bonds. The van der Waals surface area contributed by atoms with E-state index in [9.17, 15) is 13.2 Å². The fourth-order valence-corrected chi connectivity index (χ4v) is 2.60. The van der Waals surface area contributed by atoms with Crippen molar-refractivity contribution < 1.29 is 28.2 Å². The zero-order valence-corrected chi connectivity index (χ0v) is 15.9. The Labute approximate surface area is 162 Å². The Kier molecular flexibility index (Phi) is 9.95. The van der Waals surface area contributed by atoms with E-state index in [-0.39, 0.29) is 6.61 Å². The van der Waals surface area contributed by atoms with Crippen LogP contribution in [0.15, 0.2) is 18.2 Å². The number of aromatic nitrogens is 2. The number of hydrogen-bond acceptors (Lipinski definition) is 4. The molecule has 1 aromatic heterocycles. The Hall–Kier alpha value is -2.13. The summed E-state index contributed by atoms with van der Waals surface area (Å²) in [5.74, 6) is -2.10. The number of H-pyrrole nitrogens is 1. The van der Waals surface area contributed by atoms with Gasteiger partial charge in [0.05, 0.1) is 23.7 Å². The highest BCUT2D eigenvalue weighted by Crippen LogP contribution is 2.18. The van der Waals surface area contributed by atoms with E-state index < -0.39 is 18.2 Å². The molecule has 0 aliphatic rings. The summed E-state index contributed by atoms with van der Waals surface area (Å²) < 4.78 is 31.7. The highest BCUT2D eigenvalue weighted by Gasteiger charge is 2.38. The molecule has 9 heteroatoms. The largest absolute Gasteiger partial charge is 0.490 e. The van der Waals surface area contributed by atoms with E-state index in [2.05, 4.69) is 29.0 Å². The molecule has 0 aliphatic carbocycles. The molecule has 6 nitrogen and oxygen atoms in total. The molecule has 0 saturated carbocycles. The fourth-order valence-electron chi connectivity index (χ4n) is 2.60. The Morgan fingerprint density at radius 3 is 2.39 bits per heavy atom. The van der Waals surface area contributed by atoms with Crippen LogP contribution in [0.5, 0.6) is 0 Å². The molecular weight excluding hydrogens is 375 g/mol. The van der Waals surface area contributed by atoms with E-state index in [0.717, 1.165) is 17.5 Å². The van der Waals surface area contributed by atoms with Gasteiger partial charge in [0.25, 0.3) is 0 Å². The lowest BCUT2D eigenvalue weighted by Crippen LogP contribution is -2.21. The zero-order valence-electron chi connectivity index (χ0n) is 15.9. The van der Waals surface area contributed by atoms with E-state index in [1.54, 1.807) is 0 Å². The van der Waals surface area contributed by atoms with Crippen LogP contribution in [0, 0.1) is 0 Å². The van der Waals surface area contributed by atoms with Crippen LogP contribution in [-0.2, 0) is 11.2 Å². The van der Waals surface area contributed by atoms with E-state index >= 15 is 0 Å². The summed E-state index contributed by atoms with van der Waals surface area (Å²) in [5, 5.41) is 16.2. The Morgan fingerprint density at radius 2 is 1.82 bits per heavy atom. The van der Waals surface area contributed by atoms with Gasteiger partial charge in [0.1, 0.15) is 5.82 Å². The second-order valence-corrected chi connectivity index (χ2v) is 6.58. The van der Waals surface area contributed by atoms with E-state index in [1.807, 2.05) is 6.07 Å². The monoisotopic (exact) mass is 403 g/mol. The lowest BCUT2D eigenvalue weighted by Gasteiger charge is -2.02. The van der Waals surface area contributed by atoms with Crippen molar-refractivity contribution in [2.75, 3.05) is 6.61 Å². The van der Waals surface area contributed by atoms with Crippen LogP contribution in [0.25, 0.3) is 11.0 Å². The third kappa shape index (κ3) is 8.26. The number of aromatic amines is 1. The number of nitrogens with zero attached hydrogens (tertiary/aromatic N) is 1. The highest BCUT2D eigenvalue weighted by atomic mass is 19.4. The second-order valence-electron chi connectivity index (χ2n) is 6.58. The molecule has 158 valence electrons. The standard InChI is InChI=1S/C17H27N3O.C2HF3O2/c1-2-3-4-5-6-7-8-13-9-10-15-16(11-13)20-17(19-15)14(18)12-21;3-2(4,5)1(6)7/h9-11,14,21H,2-8,12,18H2,1H3,(H,19,20);(H,6,7)/t14-;/m0./s1. The van der Waals surface area contributed by atoms with Gasteiger partial charge in [-0.15, -0.1) is 0 Å². The normalized spacial score (nSPS) is 12.5. The van der Waals surface area contributed by atoms with Crippen molar-refractivity contribution in [2.45, 2.75) is 64.1 Å². The number of carboxylic acid groups (broad SMARTS) is 1. The van der Waals surface area contributed by atoms with E-state index in [1.165, 1.54) is 44.1 Å². The third-order valence-electron chi connectivity index (χ3n) is 4.17. The summed E-state index contributed by atoms with van der Waals surface area (Å²) in [6, 6.07) is 5.90. The van der Waals surface area contributed by atoms with Crippen LogP contribution in [0.4, 0.5) is 13.2 Å². The topological polar surface area (TPSA) is 112 Å². The fraction of sp³-hybridized carbons (Fsp3) is 0.579. The van der Waals surface area contributed by atoms with Gasteiger partial charge in [-0.2, -0.15) is 13.2 Å². The summed E-state index contributed by atoms with van der Waals surface area (Å²) >= 11 is 0. The maximum absolute atomic E-state index is 10.6. The number of nitrogens with two attached hydrogens (primary N) is 1. The van der Waals surface area contributed by atoms with Gasteiger partial charge in [0.15, 0.2) is 0 Å². The maximum atomic E-state index is 10.6. The number of fused-ring (bicyclic) bond motifs is 1. The molecule has 1 atom stereocenters. The maximum Gasteiger partial charge on any atom is 0.490 e. The molecule has 0 spiro atoms. The van der Waals surface area contributed by atoms with Gasteiger partial charge in [-0.1, -0.05) is 45.1 Å². The number of aliphatic hydroxyl groups is 1. The first-order chi connectivity index (χ1) is 13.2. The molecule has 0 aliphatic heterocycles. The molecule has 5 N–H and O–H groups in total. The summed E-state index contributed by atoms with van der Waals surface area (Å²) in [7, 11) is 0. The van der Waals surface area contributed by atoms with Crippen molar-refractivity contribution in [3.05, 3.63) is 29.6 Å². The molecule has 0 fully saturated rings. The highest BCUT2D eigenvalue weighted by molar-refractivity contribution is 5.76. The van der Waals surface area contributed by atoms with E-state index in [0.29, 0.717) is 5.82 Å². The second kappa shape index (κ2) is 11.7. The number of imidazole rings is 1. The lowest BCUT2D eigenvalue weighted by atomic mass is 10.0. The van der Waals surface area contributed by atoms with Crippen molar-refractivity contribution in [1.82, 2.24) is 9.97 Å². The number of aliphatic carboxylic acids is 1. The Morgan fingerprint density at radius 1 is 1.21 bits per heavy atom. The number of alkyl halides is 3. The predicted molar refractivity (Wildman–Crippen MR) is 101 cm³/mol. The smallest absolute Gasteiger partial charge is 0.475 e. The number of rotatable bonds is 9. The Bertz CT molecular complexity index is 732. The predicted octanol–water partition coefficient (Wildman–Crippen LogP) is 4.09. The summed E-state index contributed by atoms with van der Waals surface area (Å²) in [6.45, 7) is 2.15. The number of carbonyl (C=O) groups is 1. The van der Waals surface area contributed by atoms with Gasteiger partial charge in [0, 0.05) is 0 Å². The molecule has 2 aromatic rings. The Balaban J connectivity index is 0.000000480. The molecule has 0 saturated heterocycles. The van der Waals surface area contributed by atoms with Crippen molar-refractivity contribution in [2.24, 2.45) is 5.73 Å². The average molecular weight is 403 g/mol. The minimum absolute atomic E-state index is 0.0928. The molecule has 1 heterocycles. The van der Waals surface area contributed by atoms with Gasteiger partial charge in [-0.25, -0.2) is 9.78 Å². The number of carboxylic acids is 1. The number of halogens is 3. The zero-order chi connectivity index (χ0) is 21.2. The molecule has 28 heavy (non-hydrogen) atoms. The number of unbranched alkanes of at least 4 members (excludes halogenated alkanes) is 5. The van der Waals surface area contributed by atoms with Crippen LogP contribution in [-0.4, -0.2) is 38.9 Å². The van der Waals surface area contributed by atoms with Crippen molar-refractivity contribution in [1.29, 1.82) is 0 Å². The SMILES string of the molecule is CCCCCCCCc1ccc2nc([C@@H](N)CO)[nH]c2c1.O=C(O)C(F)(F)F. The minimum atomic E-state index is -5.08.